The average Bonchev–Trinajstić information content (AvgIpc) is 2.64. The van der Waals surface area contributed by atoms with Crippen LogP contribution in [0.1, 0.15) is 15.9 Å². The van der Waals surface area contributed by atoms with E-state index in [2.05, 4.69) is 10.9 Å². The Balaban J connectivity index is 1.79. The van der Waals surface area contributed by atoms with Gasteiger partial charge < -0.3 is 4.74 Å². The molecule has 0 unspecified atom stereocenters. The van der Waals surface area contributed by atoms with Gasteiger partial charge in [-0.05, 0) is 36.4 Å². The van der Waals surface area contributed by atoms with Gasteiger partial charge in [-0.1, -0.05) is 0 Å². The van der Waals surface area contributed by atoms with Crippen LogP contribution in [0.2, 0.25) is 0 Å². The highest BCUT2D eigenvalue weighted by atomic mass is 16.6. The number of nitro groups is 1. The van der Waals surface area contributed by atoms with Crippen molar-refractivity contribution in [2.75, 3.05) is 6.61 Å². The number of hydrazine groups is 1. The second kappa shape index (κ2) is 8.07. The van der Waals surface area contributed by atoms with E-state index in [9.17, 15) is 19.7 Å². The SMILES string of the molecule is N#Cc1ccc(OCC(=O)NNC(=O)c2ccc([N+](=O)[O-])cc2)cc1. The normalized spacial score (nSPS) is 9.56. The molecule has 0 aliphatic rings. The number of rotatable bonds is 5. The maximum atomic E-state index is 11.8. The Morgan fingerprint density at radius 1 is 1.08 bits per heavy atom. The number of nitro benzene ring substituents is 1. The number of nitriles is 1. The molecule has 0 bridgehead atoms. The van der Waals surface area contributed by atoms with Gasteiger partial charge in [0, 0.05) is 17.7 Å². The van der Waals surface area contributed by atoms with Crippen LogP contribution in [0.15, 0.2) is 48.5 Å². The summed E-state index contributed by atoms with van der Waals surface area (Å²) in [7, 11) is 0. The Morgan fingerprint density at radius 3 is 2.28 bits per heavy atom. The molecule has 0 aliphatic carbocycles. The summed E-state index contributed by atoms with van der Waals surface area (Å²) >= 11 is 0. The number of nitrogens with one attached hydrogen (secondary N) is 2. The molecule has 0 atom stereocenters. The second-order valence-corrected chi connectivity index (χ2v) is 4.73. The minimum absolute atomic E-state index is 0.142. The Labute approximate surface area is 142 Å². The molecule has 126 valence electrons. The van der Waals surface area contributed by atoms with E-state index in [0.29, 0.717) is 11.3 Å². The van der Waals surface area contributed by atoms with Crippen molar-refractivity contribution in [3.63, 3.8) is 0 Å². The van der Waals surface area contributed by atoms with E-state index in [1.165, 1.54) is 24.3 Å². The molecule has 0 saturated carbocycles. The van der Waals surface area contributed by atoms with Gasteiger partial charge in [0.25, 0.3) is 17.5 Å². The van der Waals surface area contributed by atoms with E-state index in [1.807, 2.05) is 6.07 Å². The van der Waals surface area contributed by atoms with Crippen LogP contribution in [0.4, 0.5) is 5.69 Å². The zero-order valence-electron chi connectivity index (χ0n) is 12.8. The number of benzene rings is 2. The van der Waals surface area contributed by atoms with Crippen LogP contribution in [0.3, 0.4) is 0 Å². The molecule has 0 fully saturated rings. The number of carbonyl (C=O) groups is 2. The number of non-ortho nitro benzene ring substituents is 1. The third-order valence-electron chi connectivity index (χ3n) is 3.01. The highest BCUT2D eigenvalue weighted by molar-refractivity contribution is 5.95. The number of carbonyl (C=O) groups excluding carboxylic acids is 2. The molecule has 9 nitrogen and oxygen atoms in total. The Morgan fingerprint density at radius 2 is 1.72 bits per heavy atom. The third kappa shape index (κ3) is 5.04. The maximum Gasteiger partial charge on any atom is 0.276 e. The van der Waals surface area contributed by atoms with E-state index in [-0.39, 0.29) is 17.9 Å². The lowest BCUT2D eigenvalue weighted by Crippen LogP contribution is -2.43. The lowest BCUT2D eigenvalue weighted by Gasteiger charge is -2.08. The molecule has 2 aromatic rings. The van der Waals surface area contributed by atoms with Crippen molar-refractivity contribution >= 4 is 17.5 Å². The van der Waals surface area contributed by atoms with Crippen molar-refractivity contribution in [3.05, 3.63) is 69.8 Å². The van der Waals surface area contributed by atoms with Crippen LogP contribution in [-0.2, 0) is 4.79 Å². The van der Waals surface area contributed by atoms with E-state index < -0.39 is 16.7 Å². The van der Waals surface area contributed by atoms with E-state index >= 15 is 0 Å². The molecule has 9 heteroatoms. The predicted octanol–water partition coefficient (Wildman–Crippen LogP) is 1.31. The largest absolute Gasteiger partial charge is 0.484 e. The smallest absolute Gasteiger partial charge is 0.276 e. The summed E-state index contributed by atoms with van der Waals surface area (Å²) in [5.74, 6) is -0.822. The molecule has 2 amide bonds. The minimum atomic E-state index is -0.623. The van der Waals surface area contributed by atoms with Gasteiger partial charge >= 0.3 is 0 Å². The second-order valence-electron chi connectivity index (χ2n) is 4.73. The number of nitrogens with zero attached hydrogens (tertiary/aromatic N) is 2. The van der Waals surface area contributed by atoms with E-state index in [4.69, 9.17) is 10.00 Å². The molecule has 0 saturated heterocycles. The highest BCUT2D eigenvalue weighted by Crippen LogP contribution is 2.12. The Bertz CT molecular complexity index is 825. The molecule has 2 N–H and O–H groups in total. The maximum absolute atomic E-state index is 11.8. The quantitative estimate of drug-likeness (QED) is 0.622. The summed E-state index contributed by atoms with van der Waals surface area (Å²) in [6, 6.07) is 13.0. The molecular weight excluding hydrogens is 328 g/mol. The molecule has 2 aromatic carbocycles. The van der Waals surface area contributed by atoms with Crippen molar-refractivity contribution in [3.8, 4) is 11.8 Å². The van der Waals surface area contributed by atoms with Crippen LogP contribution in [0, 0.1) is 21.4 Å². The van der Waals surface area contributed by atoms with E-state index in [0.717, 1.165) is 0 Å². The van der Waals surface area contributed by atoms with Crippen molar-refractivity contribution in [2.45, 2.75) is 0 Å². The Hall–Kier alpha value is -3.93. The minimum Gasteiger partial charge on any atom is -0.484 e. The van der Waals surface area contributed by atoms with Gasteiger partial charge in [-0.25, -0.2) is 0 Å². The first kappa shape index (κ1) is 17.4. The molecule has 0 aromatic heterocycles. The first-order valence-corrected chi connectivity index (χ1v) is 6.96. The van der Waals surface area contributed by atoms with Crippen molar-refractivity contribution in [2.24, 2.45) is 0 Å². The third-order valence-corrected chi connectivity index (χ3v) is 3.01. The molecule has 0 spiro atoms. The number of hydrogen-bond acceptors (Lipinski definition) is 6. The fourth-order valence-corrected chi connectivity index (χ4v) is 1.74. The van der Waals surface area contributed by atoms with E-state index in [1.54, 1.807) is 24.3 Å². The molecule has 0 aliphatic heterocycles. The van der Waals surface area contributed by atoms with Crippen LogP contribution in [-0.4, -0.2) is 23.3 Å². The van der Waals surface area contributed by atoms with Gasteiger partial charge in [0.05, 0.1) is 16.6 Å². The topological polar surface area (TPSA) is 134 Å². The molecule has 2 rings (SSSR count). The van der Waals surface area contributed by atoms with Gasteiger partial charge in [-0.15, -0.1) is 0 Å². The highest BCUT2D eigenvalue weighted by Gasteiger charge is 2.10. The summed E-state index contributed by atoms with van der Waals surface area (Å²) < 4.78 is 5.20. The monoisotopic (exact) mass is 340 g/mol. The van der Waals surface area contributed by atoms with Gasteiger partial charge in [0.2, 0.25) is 0 Å². The lowest BCUT2D eigenvalue weighted by atomic mass is 10.2. The first-order valence-electron chi connectivity index (χ1n) is 6.96. The van der Waals surface area contributed by atoms with Gasteiger partial charge in [0.1, 0.15) is 5.75 Å². The standard InChI is InChI=1S/C16H12N4O5/c17-9-11-1-7-14(8-2-11)25-10-15(21)18-19-16(22)12-3-5-13(6-4-12)20(23)24/h1-8H,10H2,(H,18,21)(H,19,22). The van der Waals surface area contributed by atoms with Crippen molar-refractivity contribution in [1.29, 1.82) is 5.26 Å². The van der Waals surface area contributed by atoms with Crippen LogP contribution in [0.25, 0.3) is 0 Å². The fraction of sp³-hybridized carbons (Fsp3) is 0.0625. The predicted molar refractivity (Wildman–Crippen MR) is 85.4 cm³/mol. The van der Waals surface area contributed by atoms with Crippen molar-refractivity contribution in [1.82, 2.24) is 10.9 Å². The lowest BCUT2D eigenvalue weighted by molar-refractivity contribution is -0.384. The van der Waals surface area contributed by atoms with Crippen molar-refractivity contribution < 1.29 is 19.2 Å². The summed E-state index contributed by atoms with van der Waals surface area (Å²) in [4.78, 5) is 33.4. The van der Waals surface area contributed by atoms with Crippen LogP contribution < -0.4 is 15.6 Å². The number of ether oxygens (including phenoxy) is 1. The average molecular weight is 340 g/mol. The molecular formula is C16H12N4O5. The summed E-state index contributed by atoms with van der Waals surface area (Å²) in [5.41, 5.74) is 4.81. The van der Waals surface area contributed by atoms with Crippen LogP contribution >= 0.6 is 0 Å². The summed E-state index contributed by atoms with van der Waals surface area (Å²) in [6.07, 6.45) is 0. The molecule has 25 heavy (non-hydrogen) atoms. The van der Waals surface area contributed by atoms with Crippen LogP contribution in [0.5, 0.6) is 5.75 Å². The Kier molecular flexibility index (Phi) is 5.63. The zero-order chi connectivity index (χ0) is 18.2. The molecule has 0 heterocycles. The fourth-order valence-electron chi connectivity index (χ4n) is 1.74. The van der Waals surface area contributed by atoms with Gasteiger partial charge in [-0.3, -0.25) is 30.6 Å². The summed E-state index contributed by atoms with van der Waals surface area (Å²) in [5, 5.41) is 19.2. The zero-order valence-corrected chi connectivity index (χ0v) is 12.8. The first-order chi connectivity index (χ1) is 12.0. The number of hydrogen-bond donors (Lipinski definition) is 2. The molecule has 0 radical (unpaired) electrons. The van der Waals surface area contributed by atoms with Gasteiger partial charge in [0.15, 0.2) is 6.61 Å². The number of amides is 2. The summed E-state index contributed by atoms with van der Waals surface area (Å²) in [6.45, 7) is -0.341. The van der Waals surface area contributed by atoms with Gasteiger partial charge in [-0.2, -0.15) is 5.26 Å².